The number of nitrogens with two attached hydrogens (primary N) is 1. The highest BCUT2D eigenvalue weighted by molar-refractivity contribution is 5.79. The normalized spacial score (nSPS) is 10.5. The van der Waals surface area contributed by atoms with Gasteiger partial charge in [0.1, 0.15) is 13.2 Å². The molecule has 0 aliphatic carbocycles. The number of carbonyl (C=O) groups is 1. The predicted molar refractivity (Wildman–Crippen MR) is 66.3 cm³/mol. The van der Waals surface area contributed by atoms with Crippen LogP contribution in [0.15, 0.2) is 18.2 Å². The molecule has 0 heterocycles. The van der Waals surface area contributed by atoms with Crippen LogP contribution in [0.4, 0.5) is 0 Å². The van der Waals surface area contributed by atoms with E-state index in [9.17, 15) is 4.79 Å². The second kappa shape index (κ2) is 10.3. The summed E-state index contributed by atoms with van der Waals surface area (Å²) in [5.74, 6) is 0.228. The lowest BCUT2D eigenvalue weighted by molar-refractivity contribution is -0.608. The largest absolute Gasteiger partial charge is 0.328 e. The van der Waals surface area contributed by atoms with Crippen LogP contribution in [0.3, 0.4) is 0 Å². The van der Waals surface area contributed by atoms with Crippen LogP contribution in [0, 0.1) is 6.92 Å². The first kappa shape index (κ1) is 16.5. The van der Waals surface area contributed by atoms with Crippen molar-refractivity contribution in [1.82, 2.24) is 0 Å². The number of rotatable bonds is 11. The molecule has 0 radical (unpaired) electrons. The van der Waals surface area contributed by atoms with E-state index in [4.69, 9.17) is 10.6 Å². The third-order valence-corrected chi connectivity index (χ3v) is 2.03. The molecular weight excluding hydrogens is 270 g/mol. The number of aryl methyl sites for hydroxylation is 1. The minimum absolute atomic E-state index is 0.0578. The standard InChI is InChI=1S/C12H17NO7/c1-10-2-3-11(9-14)12(8-10)18-20-19-17-7-6-16-15-5-4-13/h2-3,8-9H,4-7,13H2,1H3. The summed E-state index contributed by atoms with van der Waals surface area (Å²) in [6, 6.07) is 4.99. The molecule has 8 heteroatoms. The Morgan fingerprint density at radius 1 is 1.10 bits per heavy atom. The first-order valence-electron chi connectivity index (χ1n) is 5.91. The third-order valence-electron chi connectivity index (χ3n) is 2.03. The number of carbonyl (C=O) groups excluding carboxylic acids is 1. The molecule has 20 heavy (non-hydrogen) atoms. The van der Waals surface area contributed by atoms with Crippen LogP contribution < -0.4 is 10.6 Å². The number of hydrogen-bond acceptors (Lipinski definition) is 8. The van der Waals surface area contributed by atoms with Gasteiger partial charge in [0.05, 0.1) is 12.2 Å². The average Bonchev–Trinajstić information content (AvgIpc) is 2.46. The Bertz CT molecular complexity index is 399. The molecule has 0 unspecified atom stereocenters. The maximum atomic E-state index is 10.8. The summed E-state index contributed by atoms with van der Waals surface area (Å²) in [6.07, 6.45) is 0.640. The second-order valence-electron chi connectivity index (χ2n) is 3.63. The van der Waals surface area contributed by atoms with E-state index in [1.165, 1.54) is 0 Å². The number of benzene rings is 1. The van der Waals surface area contributed by atoms with Gasteiger partial charge >= 0.3 is 0 Å². The van der Waals surface area contributed by atoms with E-state index in [0.717, 1.165) is 5.56 Å². The van der Waals surface area contributed by atoms with E-state index >= 15 is 0 Å². The van der Waals surface area contributed by atoms with E-state index in [0.29, 0.717) is 25.0 Å². The van der Waals surface area contributed by atoms with Gasteiger partial charge in [-0.05, 0) is 29.7 Å². The molecule has 112 valence electrons. The molecule has 8 nitrogen and oxygen atoms in total. The van der Waals surface area contributed by atoms with E-state index in [1.54, 1.807) is 18.2 Å². The van der Waals surface area contributed by atoms with Crippen molar-refractivity contribution in [2.75, 3.05) is 26.4 Å². The van der Waals surface area contributed by atoms with Gasteiger partial charge < -0.3 is 10.6 Å². The molecular formula is C12H17NO7. The van der Waals surface area contributed by atoms with Crippen molar-refractivity contribution in [2.24, 2.45) is 5.73 Å². The molecule has 2 N–H and O–H groups in total. The minimum Gasteiger partial charge on any atom is -0.328 e. The summed E-state index contributed by atoms with van der Waals surface area (Å²) >= 11 is 0. The quantitative estimate of drug-likeness (QED) is 0.277. The lowest BCUT2D eigenvalue weighted by Crippen LogP contribution is -2.12. The van der Waals surface area contributed by atoms with Crippen LogP contribution in [0.25, 0.3) is 0 Å². The zero-order valence-corrected chi connectivity index (χ0v) is 11.1. The van der Waals surface area contributed by atoms with Gasteiger partial charge in [-0.1, -0.05) is 6.07 Å². The highest BCUT2D eigenvalue weighted by atomic mass is 17.7. The molecule has 0 saturated carbocycles. The molecule has 0 spiro atoms. The monoisotopic (exact) mass is 287 g/mol. The number of hydrogen-bond donors (Lipinski definition) is 1. The van der Waals surface area contributed by atoms with Crippen LogP contribution in [0.5, 0.6) is 5.75 Å². The summed E-state index contributed by atoms with van der Waals surface area (Å²) in [5.41, 5.74) is 6.41. The molecule has 1 aromatic rings. The van der Waals surface area contributed by atoms with Crippen molar-refractivity contribution >= 4 is 6.29 Å². The Balaban J connectivity index is 2.12. The van der Waals surface area contributed by atoms with E-state index in [1.807, 2.05) is 6.92 Å². The average molecular weight is 287 g/mol. The SMILES string of the molecule is Cc1ccc(C=O)c(OOOOCCOOCCN)c1. The van der Waals surface area contributed by atoms with Crippen molar-refractivity contribution in [1.29, 1.82) is 0 Å². The fourth-order valence-electron chi connectivity index (χ4n) is 1.15. The molecule has 0 aliphatic rings. The Hall–Kier alpha value is -1.55. The Kier molecular flexibility index (Phi) is 8.47. The van der Waals surface area contributed by atoms with Crippen molar-refractivity contribution in [3.63, 3.8) is 0 Å². The first-order valence-corrected chi connectivity index (χ1v) is 5.91. The van der Waals surface area contributed by atoms with Crippen molar-refractivity contribution in [3.8, 4) is 5.75 Å². The Labute approximate surface area is 116 Å². The maximum absolute atomic E-state index is 10.8. The minimum atomic E-state index is 0.0578. The summed E-state index contributed by atoms with van der Waals surface area (Å²) < 4.78 is 0. The molecule has 0 amide bonds. The van der Waals surface area contributed by atoms with Gasteiger partial charge in [-0.3, -0.25) is 4.79 Å². The van der Waals surface area contributed by atoms with Gasteiger partial charge in [0.25, 0.3) is 0 Å². The van der Waals surface area contributed by atoms with Gasteiger partial charge in [0, 0.05) is 11.6 Å². The van der Waals surface area contributed by atoms with Crippen LogP contribution in [0.1, 0.15) is 15.9 Å². The summed E-state index contributed by atoms with van der Waals surface area (Å²) in [4.78, 5) is 29.4. The van der Waals surface area contributed by atoms with Gasteiger partial charge in [0.15, 0.2) is 12.0 Å². The number of aldehydes is 1. The molecule has 0 aromatic heterocycles. The fraction of sp³-hybridized carbons (Fsp3) is 0.417. The first-order chi connectivity index (χ1) is 9.77. The van der Waals surface area contributed by atoms with Crippen LogP contribution in [-0.4, -0.2) is 32.7 Å². The zero-order valence-electron chi connectivity index (χ0n) is 11.1. The third kappa shape index (κ3) is 6.57. The molecule has 0 atom stereocenters. The predicted octanol–water partition coefficient (Wildman–Crippen LogP) is 0.888. The van der Waals surface area contributed by atoms with Crippen LogP contribution in [0.2, 0.25) is 0 Å². The fourth-order valence-corrected chi connectivity index (χ4v) is 1.15. The van der Waals surface area contributed by atoms with Crippen LogP contribution in [-0.2, 0) is 24.7 Å². The topological polar surface area (TPSA) is 98.5 Å². The highest BCUT2D eigenvalue weighted by Gasteiger charge is 2.05. The van der Waals surface area contributed by atoms with E-state index < -0.39 is 0 Å². The van der Waals surface area contributed by atoms with Gasteiger partial charge in [-0.15, -0.1) is 0 Å². The van der Waals surface area contributed by atoms with Crippen LogP contribution >= 0.6 is 0 Å². The summed E-state index contributed by atoms with van der Waals surface area (Å²) in [5, 5.41) is 8.63. The molecule has 1 aromatic carbocycles. The molecule has 0 aliphatic heterocycles. The smallest absolute Gasteiger partial charge is 0.179 e. The Morgan fingerprint density at radius 2 is 1.85 bits per heavy atom. The van der Waals surface area contributed by atoms with E-state index in [-0.39, 0.29) is 19.0 Å². The zero-order chi connectivity index (χ0) is 14.6. The Morgan fingerprint density at radius 3 is 2.60 bits per heavy atom. The molecule has 0 bridgehead atoms. The van der Waals surface area contributed by atoms with Gasteiger partial charge in [-0.2, -0.15) is 0 Å². The lowest BCUT2D eigenvalue weighted by atomic mass is 10.1. The van der Waals surface area contributed by atoms with Gasteiger partial charge in [0.2, 0.25) is 0 Å². The van der Waals surface area contributed by atoms with Gasteiger partial charge in [-0.25, -0.2) is 14.7 Å². The molecule has 1 rings (SSSR count). The van der Waals surface area contributed by atoms with E-state index in [2.05, 4.69) is 24.7 Å². The van der Waals surface area contributed by atoms with Crippen molar-refractivity contribution in [2.45, 2.75) is 6.92 Å². The molecule has 0 fully saturated rings. The summed E-state index contributed by atoms with van der Waals surface area (Å²) in [6.45, 7) is 2.69. The second-order valence-corrected chi connectivity index (χ2v) is 3.63. The van der Waals surface area contributed by atoms with Crippen molar-refractivity contribution < 1.29 is 34.4 Å². The highest BCUT2D eigenvalue weighted by Crippen LogP contribution is 2.18. The lowest BCUT2D eigenvalue weighted by Gasteiger charge is -2.06. The maximum Gasteiger partial charge on any atom is 0.179 e. The van der Waals surface area contributed by atoms with Crippen molar-refractivity contribution in [3.05, 3.63) is 29.3 Å². The summed E-state index contributed by atoms with van der Waals surface area (Å²) in [7, 11) is 0. The molecule has 0 saturated heterocycles.